The molecule has 114 valence electrons. The molecule has 0 bridgehead atoms. The molecule has 0 aliphatic carbocycles. The van der Waals surface area contributed by atoms with Crippen LogP contribution < -0.4 is 5.32 Å². The number of nitrogens with zero attached hydrogens (tertiary/aromatic N) is 2. The Morgan fingerprint density at radius 2 is 1.90 bits per heavy atom. The molecule has 1 unspecified atom stereocenters. The van der Waals surface area contributed by atoms with Crippen LogP contribution in [0.4, 0.5) is 13.2 Å². The maximum absolute atomic E-state index is 12.5. The van der Waals surface area contributed by atoms with E-state index in [0.29, 0.717) is 6.42 Å². The van der Waals surface area contributed by atoms with Gasteiger partial charge in [0, 0.05) is 24.3 Å². The van der Waals surface area contributed by atoms with Crippen molar-refractivity contribution in [2.75, 3.05) is 7.05 Å². The van der Waals surface area contributed by atoms with Gasteiger partial charge in [-0.05, 0) is 38.1 Å². The Hall–Kier alpha value is -1.82. The molecule has 2 rings (SSSR count). The first kappa shape index (κ1) is 15.6. The van der Waals surface area contributed by atoms with Gasteiger partial charge in [-0.25, -0.2) is 0 Å². The van der Waals surface area contributed by atoms with Crippen LogP contribution in [-0.2, 0) is 19.1 Å². The first-order valence-corrected chi connectivity index (χ1v) is 6.79. The molecule has 0 saturated heterocycles. The highest BCUT2D eigenvalue weighted by atomic mass is 19.4. The predicted octanol–water partition coefficient (Wildman–Crippen LogP) is 3.43. The summed E-state index contributed by atoms with van der Waals surface area (Å²) in [6, 6.07) is 5.33. The van der Waals surface area contributed by atoms with Crippen LogP contribution in [0.15, 0.2) is 36.7 Å². The molecule has 0 aliphatic rings. The van der Waals surface area contributed by atoms with Crippen LogP contribution in [0, 0.1) is 0 Å². The molecular weight excluding hydrogens is 279 g/mol. The molecule has 1 aromatic heterocycles. The lowest BCUT2D eigenvalue weighted by Crippen LogP contribution is -2.18. The fraction of sp³-hybridized carbons (Fsp3) is 0.400. The average Bonchev–Trinajstić information content (AvgIpc) is 2.93. The van der Waals surface area contributed by atoms with Crippen LogP contribution in [0.2, 0.25) is 0 Å². The Kier molecular flexibility index (Phi) is 4.67. The van der Waals surface area contributed by atoms with E-state index in [4.69, 9.17) is 0 Å². The van der Waals surface area contributed by atoms with Crippen molar-refractivity contribution in [3.05, 3.63) is 53.3 Å². The van der Waals surface area contributed by atoms with E-state index in [1.807, 2.05) is 24.9 Å². The van der Waals surface area contributed by atoms with E-state index < -0.39 is 11.7 Å². The topological polar surface area (TPSA) is 29.9 Å². The molecule has 21 heavy (non-hydrogen) atoms. The minimum absolute atomic E-state index is 0.0297. The first-order valence-electron chi connectivity index (χ1n) is 6.79. The van der Waals surface area contributed by atoms with Crippen LogP contribution in [0.25, 0.3) is 0 Å². The molecule has 1 N–H and O–H groups in total. The lowest BCUT2D eigenvalue weighted by molar-refractivity contribution is -0.137. The zero-order valence-corrected chi connectivity index (χ0v) is 12.0. The van der Waals surface area contributed by atoms with E-state index in [1.165, 1.54) is 12.1 Å². The number of aryl methyl sites for hydroxylation is 1. The normalized spacial score (nSPS) is 13.4. The minimum atomic E-state index is -4.29. The lowest BCUT2D eigenvalue weighted by Gasteiger charge is -2.15. The van der Waals surface area contributed by atoms with Gasteiger partial charge in [0.05, 0.1) is 11.8 Å². The maximum Gasteiger partial charge on any atom is 0.416 e. The Labute approximate surface area is 121 Å². The number of halogens is 3. The summed E-state index contributed by atoms with van der Waals surface area (Å²) < 4.78 is 39.4. The third-order valence-electron chi connectivity index (χ3n) is 3.45. The van der Waals surface area contributed by atoms with Gasteiger partial charge in [0.1, 0.15) is 0 Å². The number of aromatic nitrogens is 2. The SMILES string of the molecule is CCn1cc(C(Cc2ccc(C(F)(F)F)cc2)NC)cn1. The monoisotopic (exact) mass is 297 g/mol. The smallest absolute Gasteiger partial charge is 0.313 e. The van der Waals surface area contributed by atoms with E-state index in [9.17, 15) is 13.2 Å². The summed E-state index contributed by atoms with van der Waals surface area (Å²) in [4.78, 5) is 0. The molecule has 1 heterocycles. The fourth-order valence-electron chi connectivity index (χ4n) is 2.18. The Morgan fingerprint density at radius 3 is 2.38 bits per heavy atom. The lowest BCUT2D eigenvalue weighted by atomic mass is 10.0. The largest absolute Gasteiger partial charge is 0.416 e. The van der Waals surface area contributed by atoms with Crippen LogP contribution in [0.3, 0.4) is 0 Å². The first-order chi connectivity index (χ1) is 9.94. The van der Waals surface area contributed by atoms with Crippen LogP contribution in [0.1, 0.15) is 29.7 Å². The molecule has 0 radical (unpaired) electrons. The quantitative estimate of drug-likeness (QED) is 0.916. The minimum Gasteiger partial charge on any atom is -0.313 e. The molecule has 1 atom stereocenters. The van der Waals surface area contributed by atoms with Crippen molar-refractivity contribution in [3.8, 4) is 0 Å². The van der Waals surface area contributed by atoms with Gasteiger partial charge in [-0.15, -0.1) is 0 Å². The summed E-state index contributed by atoms with van der Waals surface area (Å²) in [5.74, 6) is 0. The Bertz CT molecular complexity index is 573. The van der Waals surface area contributed by atoms with Gasteiger partial charge in [0.2, 0.25) is 0 Å². The van der Waals surface area contributed by atoms with Gasteiger partial charge in [0.15, 0.2) is 0 Å². The van der Waals surface area contributed by atoms with Crippen molar-refractivity contribution in [2.24, 2.45) is 0 Å². The fourth-order valence-corrected chi connectivity index (χ4v) is 2.18. The molecule has 2 aromatic rings. The van der Waals surface area contributed by atoms with Gasteiger partial charge in [-0.2, -0.15) is 18.3 Å². The van der Waals surface area contributed by atoms with E-state index in [-0.39, 0.29) is 6.04 Å². The second kappa shape index (κ2) is 6.30. The molecule has 0 aliphatic heterocycles. The second-order valence-corrected chi connectivity index (χ2v) is 4.87. The Balaban J connectivity index is 2.11. The number of hydrogen-bond acceptors (Lipinski definition) is 2. The molecule has 6 heteroatoms. The van der Waals surface area contributed by atoms with Crippen molar-refractivity contribution in [2.45, 2.75) is 32.1 Å². The van der Waals surface area contributed by atoms with Gasteiger partial charge >= 0.3 is 6.18 Å². The highest BCUT2D eigenvalue weighted by Crippen LogP contribution is 2.29. The van der Waals surface area contributed by atoms with Crippen molar-refractivity contribution in [3.63, 3.8) is 0 Å². The molecule has 0 saturated carbocycles. The number of alkyl halides is 3. The molecule has 0 fully saturated rings. The van der Waals surface area contributed by atoms with Crippen molar-refractivity contribution < 1.29 is 13.2 Å². The maximum atomic E-state index is 12.5. The number of hydrogen-bond donors (Lipinski definition) is 1. The highest BCUT2D eigenvalue weighted by Gasteiger charge is 2.30. The summed E-state index contributed by atoms with van der Waals surface area (Å²) in [5, 5.41) is 7.39. The van der Waals surface area contributed by atoms with Gasteiger partial charge in [-0.3, -0.25) is 4.68 Å². The summed E-state index contributed by atoms with van der Waals surface area (Å²) in [5.41, 5.74) is 1.26. The summed E-state index contributed by atoms with van der Waals surface area (Å²) in [6.45, 7) is 2.79. The van der Waals surface area contributed by atoms with Gasteiger partial charge in [-0.1, -0.05) is 12.1 Å². The summed E-state index contributed by atoms with van der Waals surface area (Å²) in [6.07, 6.45) is 0.0627. The highest BCUT2D eigenvalue weighted by molar-refractivity contribution is 5.26. The van der Waals surface area contributed by atoms with Crippen molar-refractivity contribution >= 4 is 0 Å². The molecule has 0 amide bonds. The molecular formula is C15H18F3N3. The Morgan fingerprint density at radius 1 is 1.24 bits per heavy atom. The summed E-state index contributed by atoms with van der Waals surface area (Å²) >= 11 is 0. The van der Waals surface area contributed by atoms with Crippen molar-refractivity contribution in [1.82, 2.24) is 15.1 Å². The van der Waals surface area contributed by atoms with Gasteiger partial charge in [0.25, 0.3) is 0 Å². The molecule has 3 nitrogen and oxygen atoms in total. The predicted molar refractivity (Wildman–Crippen MR) is 74.8 cm³/mol. The zero-order chi connectivity index (χ0) is 15.5. The standard InChI is InChI=1S/C15H18F3N3/c1-3-21-10-12(9-20-21)14(19-2)8-11-4-6-13(7-5-11)15(16,17)18/h4-7,9-10,14,19H,3,8H2,1-2H3. The van der Waals surface area contributed by atoms with Crippen LogP contribution >= 0.6 is 0 Å². The number of rotatable bonds is 5. The van der Waals surface area contributed by atoms with E-state index in [1.54, 1.807) is 6.20 Å². The number of benzene rings is 1. The van der Waals surface area contributed by atoms with Crippen LogP contribution in [-0.4, -0.2) is 16.8 Å². The summed E-state index contributed by atoms with van der Waals surface area (Å²) in [7, 11) is 1.83. The average molecular weight is 297 g/mol. The third-order valence-corrected chi connectivity index (χ3v) is 3.45. The third kappa shape index (κ3) is 3.85. The zero-order valence-electron chi connectivity index (χ0n) is 12.0. The second-order valence-electron chi connectivity index (χ2n) is 4.87. The van der Waals surface area contributed by atoms with E-state index in [0.717, 1.165) is 29.8 Å². The van der Waals surface area contributed by atoms with E-state index >= 15 is 0 Å². The van der Waals surface area contributed by atoms with E-state index in [2.05, 4.69) is 10.4 Å². The molecule has 1 aromatic carbocycles. The molecule has 0 spiro atoms. The van der Waals surface area contributed by atoms with Crippen LogP contribution in [0.5, 0.6) is 0 Å². The van der Waals surface area contributed by atoms with Crippen molar-refractivity contribution in [1.29, 1.82) is 0 Å². The number of nitrogens with one attached hydrogen (secondary N) is 1. The van der Waals surface area contributed by atoms with Gasteiger partial charge < -0.3 is 5.32 Å². The number of likely N-dealkylation sites (N-methyl/N-ethyl adjacent to an activating group) is 1.